The third-order valence-corrected chi connectivity index (χ3v) is 11.1. The van der Waals surface area contributed by atoms with E-state index in [9.17, 15) is 42.6 Å². The summed E-state index contributed by atoms with van der Waals surface area (Å²) in [5, 5.41) is 45.6. The second kappa shape index (κ2) is 16.6. The number of benzene rings is 3. The summed E-state index contributed by atoms with van der Waals surface area (Å²) in [6.07, 6.45) is 1.40. The van der Waals surface area contributed by atoms with Crippen LogP contribution in [-0.2, 0) is 9.59 Å². The van der Waals surface area contributed by atoms with Gasteiger partial charge in [0.1, 0.15) is 35.1 Å². The lowest BCUT2D eigenvalue weighted by atomic mass is 9.99. The minimum Gasteiger partial charge on any atom is -0.505 e. The van der Waals surface area contributed by atoms with Gasteiger partial charge in [-0.1, -0.05) is 36.4 Å². The van der Waals surface area contributed by atoms with Gasteiger partial charge in [-0.15, -0.1) is 22.7 Å². The van der Waals surface area contributed by atoms with Gasteiger partial charge in [-0.25, -0.2) is 23.1 Å². The van der Waals surface area contributed by atoms with Gasteiger partial charge in [0.2, 0.25) is 0 Å². The van der Waals surface area contributed by atoms with Crippen molar-refractivity contribution in [2.45, 2.75) is 0 Å². The Morgan fingerprint density at radius 1 is 0.679 bits per heavy atom. The number of aliphatic carboxylic acids is 2. The van der Waals surface area contributed by atoms with Crippen molar-refractivity contribution < 1.29 is 52.8 Å². The number of thiophene rings is 2. The summed E-state index contributed by atoms with van der Waals surface area (Å²) < 4.78 is 41.3. The zero-order chi connectivity index (χ0) is 40.3. The topological polar surface area (TPSA) is 199 Å². The third kappa shape index (κ3) is 8.31. The molecule has 18 heteroatoms. The molecule has 0 saturated carbocycles. The largest absolute Gasteiger partial charge is 0.505 e. The van der Waals surface area contributed by atoms with Crippen LogP contribution in [0.5, 0.6) is 11.5 Å². The molecular weight excluding hydrogens is 841 g/mol. The van der Waals surface area contributed by atoms with Gasteiger partial charge in [-0.05, 0) is 69.0 Å². The zero-order valence-corrected chi connectivity index (χ0v) is 31.4. The molecule has 2 amide bonds. The Morgan fingerprint density at radius 3 is 1.71 bits per heavy atom. The molecule has 0 radical (unpaired) electrons. The number of amides is 2. The number of aromatic nitrogens is 2. The molecule has 0 aliphatic heterocycles. The summed E-state index contributed by atoms with van der Waals surface area (Å²) >= 11 is 5.73. The number of hydrogen-bond donors (Lipinski definition) is 6. The summed E-state index contributed by atoms with van der Waals surface area (Å²) in [4.78, 5) is 54.3. The average molecular weight is 866 g/mol. The summed E-state index contributed by atoms with van der Waals surface area (Å²) in [6, 6.07) is 17.2. The molecule has 4 heterocycles. The predicted octanol–water partition coefficient (Wildman–Crippen LogP) is 7.81. The number of nitrogens with zero attached hydrogens (tertiary/aromatic N) is 2. The molecule has 0 spiro atoms. The monoisotopic (exact) mass is 864 g/mol. The van der Waals surface area contributed by atoms with Crippen molar-refractivity contribution in [2.24, 2.45) is 0 Å². The third-order valence-electron chi connectivity index (χ3n) is 7.98. The molecule has 3 aromatic carbocycles. The molecule has 0 bridgehead atoms. The maximum atomic E-state index is 13.5. The molecule has 6 N–H and O–H groups in total. The van der Waals surface area contributed by atoms with Crippen molar-refractivity contribution in [1.29, 1.82) is 0 Å². The number of carbonyl (C=O) groups excluding carboxylic acids is 2. The number of halogens is 4. The van der Waals surface area contributed by atoms with Crippen molar-refractivity contribution >= 4 is 82.5 Å². The molecule has 0 saturated heterocycles. The van der Waals surface area contributed by atoms with E-state index >= 15 is 0 Å². The molecule has 0 unspecified atom stereocenters. The summed E-state index contributed by atoms with van der Waals surface area (Å²) in [7, 11) is 0. The van der Waals surface area contributed by atoms with E-state index in [1.165, 1.54) is 53.9 Å². The fourth-order valence-electron chi connectivity index (χ4n) is 5.46. The number of carboxylic acid groups (broad SMARTS) is 2. The molecule has 12 nitrogen and oxygen atoms in total. The van der Waals surface area contributed by atoms with E-state index in [0.717, 1.165) is 11.3 Å². The van der Waals surface area contributed by atoms with Crippen molar-refractivity contribution in [1.82, 2.24) is 20.6 Å². The summed E-state index contributed by atoms with van der Waals surface area (Å²) in [6.45, 7) is -1.21. The highest BCUT2D eigenvalue weighted by Crippen LogP contribution is 2.48. The highest BCUT2D eigenvalue weighted by atomic mass is 79.9. The molecule has 56 heavy (non-hydrogen) atoms. The minimum absolute atomic E-state index is 0.289. The van der Waals surface area contributed by atoms with Gasteiger partial charge in [0.05, 0.1) is 9.40 Å². The normalized spacial score (nSPS) is 10.9. The fourth-order valence-corrected chi connectivity index (χ4v) is 8.32. The first-order chi connectivity index (χ1) is 26.7. The van der Waals surface area contributed by atoms with Crippen molar-refractivity contribution in [3.8, 4) is 44.2 Å². The van der Waals surface area contributed by atoms with E-state index in [-0.39, 0.29) is 23.0 Å². The molecular formula is C38H24BrF3N4O8S2. The predicted molar refractivity (Wildman–Crippen MR) is 206 cm³/mol. The Balaban J connectivity index is 0.000000194. The molecule has 0 fully saturated rings. The highest BCUT2D eigenvalue weighted by Gasteiger charge is 2.25. The minimum atomic E-state index is -1.23. The number of nitrogens with one attached hydrogen (secondary N) is 2. The van der Waals surface area contributed by atoms with Crippen LogP contribution in [0, 0.1) is 17.5 Å². The first-order valence-electron chi connectivity index (χ1n) is 15.9. The highest BCUT2D eigenvalue weighted by molar-refractivity contribution is 9.10. The average Bonchev–Trinajstić information content (AvgIpc) is 3.80. The number of carbonyl (C=O) groups is 4. The molecule has 0 atom stereocenters. The van der Waals surface area contributed by atoms with Crippen molar-refractivity contribution in [2.75, 3.05) is 13.1 Å². The number of fused-ring (bicyclic) bond motifs is 2. The van der Waals surface area contributed by atoms with Gasteiger partial charge in [0.25, 0.3) is 11.8 Å². The number of hydrogen-bond acceptors (Lipinski definition) is 10. The van der Waals surface area contributed by atoms with Crippen molar-refractivity contribution in [3.05, 3.63) is 118 Å². The number of pyridine rings is 2. The van der Waals surface area contributed by atoms with E-state index in [0.29, 0.717) is 57.5 Å². The van der Waals surface area contributed by atoms with Gasteiger partial charge >= 0.3 is 11.9 Å². The van der Waals surface area contributed by atoms with Crippen LogP contribution in [0.2, 0.25) is 0 Å². The zero-order valence-electron chi connectivity index (χ0n) is 28.1. The van der Waals surface area contributed by atoms with Crippen LogP contribution in [0.1, 0.15) is 21.0 Å². The smallest absolute Gasteiger partial charge is 0.322 e. The van der Waals surface area contributed by atoms with Gasteiger partial charge < -0.3 is 31.1 Å². The second-order valence-electron chi connectivity index (χ2n) is 11.6. The van der Waals surface area contributed by atoms with E-state index < -0.39 is 54.2 Å². The number of rotatable bonds is 9. The van der Waals surface area contributed by atoms with Crippen LogP contribution in [-0.4, -0.2) is 67.2 Å². The van der Waals surface area contributed by atoms with Gasteiger partial charge in [-0.3, -0.25) is 19.2 Å². The maximum absolute atomic E-state index is 13.5. The van der Waals surface area contributed by atoms with Crippen LogP contribution in [0.15, 0.2) is 89.0 Å². The van der Waals surface area contributed by atoms with E-state index in [1.54, 1.807) is 41.8 Å². The lowest BCUT2D eigenvalue weighted by molar-refractivity contribution is -0.136. The van der Waals surface area contributed by atoms with Crippen molar-refractivity contribution in [3.63, 3.8) is 0 Å². The van der Waals surface area contributed by atoms with Crippen LogP contribution >= 0.6 is 38.6 Å². The standard InChI is InChI=1S/C22H14F2N2O4S.C16H10BrFN2O4S/c23-13-5-1-11(2-6-13)17-15-9-25-18(22(30)26-10-16(27)28)19(29)21(15)31-20(17)12-3-7-14(24)8-4-12;17-15-14-11(9(6-25-14)7-1-3-8(18)4-2-7)13(23)12(20-15)16(24)19-5-10(21)22/h1-9,29H,10H2,(H,26,30)(H,27,28);1-4,6,23H,5H2,(H,19,24)(H,21,22). The number of carboxylic acids is 2. The lowest BCUT2D eigenvalue weighted by Crippen LogP contribution is -2.30. The lowest BCUT2D eigenvalue weighted by Gasteiger charge is -2.08. The maximum Gasteiger partial charge on any atom is 0.322 e. The van der Waals surface area contributed by atoms with Crippen LogP contribution in [0.4, 0.5) is 13.2 Å². The first-order valence-corrected chi connectivity index (χ1v) is 18.4. The first kappa shape index (κ1) is 39.3. The Kier molecular flexibility index (Phi) is 11.6. The Hall–Kier alpha value is -6.37. The number of aromatic hydroxyl groups is 2. The van der Waals surface area contributed by atoms with Gasteiger partial charge in [0, 0.05) is 38.4 Å². The molecule has 284 valence electrons. The van der Waals surface area contributed by atoms with Crippen LogP contribution in [0.3, 0.4) is 0 Å². The summed E-state index contributed by atoms with van der Waals surface area (Å²) in [5.41, 5.74) is 2.64. The summed E-state index contributed by atoms with van der Waals surface area (Å²) in [5.74, 6) is -6.05. The van der Waals surface area contributed by atoms with Gasteiger partial charge in [0.15, 0.2) is 22.9 Å². The van der Waals surface area contributed by atoms with Gasteiger partial charge in [-0.2, -0.15) is 0 Å². The molecule has 7 aromatic rings. The Bertz CT molecular complexity index is 2650. The SMILES string of the molecule is O=C(O)CNC(=O)c1nc(Br)c2scc(-c3ccc(F)cc3)c2c1O.O=C(O)CNC(=O)c1ncc2c(-c3ccc(F)cc3)c(-c3ccc(F)cc3)sc2c1O. The van der Waals surface area contributed by atoms with E-state index in [1.807, 2.05) is 0 Å². The molecule has 0 aliphatic carbocycles. The van der Waals surface area contributed by atoms with Crippen LogP contribution in [0.25, 0.3) is 52.9 Å². The Morgan fingerprint density at radius 2 is 1.18 bits per heavy atom. The fraction of sp³-hybridized carbons (Fsp3) is 0.0526. The van der Waals surface area contributed by atoms with Crippen LogP contribution < -0.4 is 10.6 Å². The van der Waals surface area contributed by atoms with E-state index in [4.69, 9.17) is 10.2 Å². The quantitative estimate of drug-likeness (QED) is 0.0778. The Labute approximate surface area is 329 Å². The molecule has 0 aliphatic rings. The molecule has 4 aromatic heterocycles. The molecule has 7 rings (SSSR count). The second-order valence-corrected chi connectivity index (χ2v) is 14.3. The van der Waals surface area contributed by atoms with E-state index in [2.05, 4.69) is 36.5 Å².